The summed E-state index contributed by atoms with van der Waals surface area (Å²) in [6.45, 7) is 9.07. The van der Waals surface area contributed by atoms with Crippen LogP contribution < -0.4 is 5.73 Å². The minimum Gasteiger partial charge on any atom is -0.370 e. The molecule has 20 heavy (non-hydrogen) atoms. The Morgan fingerprint density at radius 2 is 2.30 bits per heavy atom. The lowest BCUT2D eigenvalue weighted by molar-refractivity contribution is 0.270. The van der Waals surface area contributed by atoms with Gasteiger partial charge in [0.15, 0.2) is 5.96 Å². The van der Waals surface area contributed by atoms with E-state index in [1.54, 1.807) is 0 Å². The zero-order valence-corrected chi connectivity index (χ0v) is 12.9. The van der Waals surface area contributed by atoms with Crippen LogP contribution in [0.4, 0.5) is 0 Å². The molecule has 1 aliphatic heterocycles. The number of guanidine groups is 1. The van der Waals surface area contributed by atoms with E-state index in [0.717, 1.165) is 49.8 Å². The molecule has 0 aliphatic carbocycles. The van der Waals surface area contributed by atoms with Crippen molar-refractivity contribution in [2.75, 3.05) is 19.6 Å². The highest BCUT2D eigenvalue weighted by Crippen LogP contribution is 2.16. The number of aryl methyl sites for hydroxylation is 2. The maximum absolute atomic E-state index is 6.07. The van der Waals surface area contributed by atoms with Crippen LogP contribution in [0.3, 0.4) is 0 Å². The molecule has 0 amide bonds. The first-order chi connectivity index (χ1) is 9.58. The summed E-state index contributed by atoms with van der Waals surface area (Å²) in [5.74, 6) is 2.35. The number of likely N-dealkylation sites (tertiary alicyclic amines) is 1. The number of rotatable bonds is 4. The van der Waals surface area contributed by atoms with E-state index < -0.39 is 0 Å². The second-order valence-corrected chi connectivity index (χ2v) is 5.84. The third-order valence-corrected chi connectivity index (χ3v) is 4.02. The second kappa shape index (κ2) is 6.77. The Morgan fingerprint density at radius 3 is 2.95 bits per heavy atom. The molecule has 1 aliphatic rings. The van der Waals surface area contributed by atoms with Gasteiger partial charge in [-0.25, -0.2) is 0 Å². The molecule has 5 nitrogen and oxygen atoms in total. The van der Waals surface area contributed by atoms with Crippen molar-refractivity contribution in [3.05, 3.63) is 17.0 Å². The third-order valence-electron chi connectivity index (χ3n) is 4.02. The molecule has 0 saturated carbocycles. The van der Waals surface area contributed by atoms with Crippen molar-refractivity contribution in [1.29, 1.82) is 0 Å². The van der Waals surface area contributed by atoms with Gasteiger partial charge in [-0.2, -0.15) is 0 Å². The van der Waals surface area contributed by atoms with Crippen LogP contribution >= 0.6 is 0 Å². The molecule has 2 heterocycles. The summed E-state index contributed by atoms with van der Waals surface area (Å²) < 4.78 is 5.16. The molecule has 1 saturated heterocycles. The minimum absolute atomic E-state index is 0.704. The van der Waals surface area contributed by atoms with E-state index in [1.165, 1.54) is 18.4 Å². The zero-order valence-electron chi connectivity index (χ0n) is 12.9. The molecular formula is C15H26N4O. The van der Waals surface area contributed by atoms with E-state index in [4.69, 9.17) is 10.3 Å². The smallest absolute Gasteiger partial charge is 0.191 e. The average molecular weight is 278 g/mol. The van der Waals surface area contributed by atoms with Gasteiger partial charge in [0.05, 0.1) is 5.69 Å². The van der Waals surface area contributed by atoms with Gasteiger partial charge in [-0.3, -0.25) is 4.99 Å². The molecule has 1 atom stereocenters. The van der Waals surface area contributed by atoms with E-state index >= 15 is 0 Å². The van der Waals surface area contributed by atoms with Crippen molar-refractivity contribution in [3.63, 3.8) is 0 Å². The summed E-state index contributed by atoms with van der Waals surface area (Å²) in [4.78, 5) is 6.72. The first kappa shape index (κ1) is 14.9. The maximum atomic E-state index is 6.07. The van der Waals surface area contributed by atoms with Gasteiger partial charge in [-0.1, -0.05) is 12.1 Å². The Hall–Kier alpha value is -1.52. The van der Waals surface area contributed by atoms with Gasteiger partial charge >= 0.3 is 0 Å². The van der Waals surface area contributed by atoms with Crippen LogP contribution in [0.25, 0.3) is 0 Å². The molecule has 1 fully saturated rings. The average Bonchev–Trinajstić information content (AvgIpc) is 2.74. The largest absolute Gasteiger partial charge is 0.370 e. The predicted molar refractivity (Wildman–Crippen MR) is 80.8 cm³/mol. The van der Waals surface area contributed by atoms with Gasteiger partial charge in [0, 0.05) is 25.2 Å². The van der Waals surface area contributed by atoms with E-state index in [9.17, 15) is 0 Å². The van der Waals surface area contributed by atoms with Crippen molar-refractivity contribution in [2.24, 2.45) is 16.6 Å². The summed E-state index contributed by atoms with van der Waals surface area (Å²) in [5.41, 5.74) is 8.28. The first-order valence-corrected chi connectivity index (χ1v) is 7.54. The van der Waals surface area contributed by atoms with Crippen molar-refractivity contribution in [1.82, 2.24) is 10.1 Å². The summed E-state index contributed by atoms with van der Waals surface area (Å²) in [5, 5.41) is 3.97. The number of nitrogens with zero attached hydrogens (tertiary/aromatic N) is 3. The fourth-order valence-electron chi connectivity index (χ4n) is 2.81. The number of hydrogen-bond acceptors (Lipinski definition) is 3. The highest BCUT2D eigenvalue weighted by Gasteiger charge is 2.17. The standard InChI is InChI=1S/C15H26N4O/c1-11-6-5-9-19(10-11)15(16)17-8-4-7-14-12(2)18-20-13(14)3/h11H,4-10H2,1-3H3,(H2,16,17). The van der Waals surface area contributed by atoms with Crippen molar-refractivity contribution >= 4 is 5.96 Å². The Morgan fingerprint density at radius 1 is 1.50 bits per heavy atom. The van der Waals surface area contributed by atoms with Gasteiger partial charge in [0.2, 0.25) is 0 Å². The maximum Gasteiger partial charge on any atom is 0.191 e. The molecular weight excluding hydrogens is 252 g/mol. The van der Waals surface area contributed by atoms with Crippen molar-refractivity contribution < 1.29 is 4.52 Å². The quantitative estimate of drug-likeness (QED) is 0.521. The number of aromatic nitrogens is 1. The number of hydrogen-bond donors (Lipinski definition) is 1. The van der Waals surface area contributed by atoms with Crippen LogP contribution in [0.2, 0.25) is 0 Å². The Kier molecular flexibility index (Phi) is 5.04. The van der Waals surface area contributed by atoms with Gasteiger partial charge < -0.3 is 15.2 Å². The van der Waals surface area contributed by atoms with Crippen LogP contribution in [-0.4, -0.2) is 35.7 Å². The first-order valence-electron chi connectivity index (χ1n) is 7.54. The van der Waals surface area contributed by atoms with Crippen molar-refractivity contribution in [2.45, 2.75) is 46.5 Å². The molecule has 112 valence electrons. The number of nitrogens with two attached hydrogens (primary N) is 1. The molecule has 0 aromatic carbocycles. The summed E-state index contributed by atoms with van der Waals surface area (Å²) in [7, 11) is 0. The second-order valence-electron chi connectivity index (χ2n) is 5.84. The zero-order chi connectivity index (χ0) is 14.5. The van der Waals surface area contributed by atoms with Crippen LogP contribution in [0.15, 0.2) is 9.52 Å². The lowest BCUT2D eigenvalue weighted by atomic mass is 10.0. The van der Waals surface area contributed by atoms with E-state index in [0.29, 0.717) is 5.96 Å². The fourth-order valence-corrected chi connectivity index (χ4v) is 2.81. The van der Waals surface area contributed by atoms with E-state index in [1.807, 2.05) is 13.8 Å². The monoisotopic (exact) mass is 278 g/mol. The fraction of sp³-hybridized carbons (Fsp3) is 0.733. The lowest BCUT2D eigenvalue weighted by Crippen LogP contribution is -2.43. The molecule has 0 radical (unpaired) electrons. The minimum atomic E-state index is 0.704. The Labute approximate surface area is 121 Å². The normalized spacial score (nSPS) is 20.4. The van der Waals surface area contributed by atoms with Crippen LogP contribution in [0, 0.1) is 19.8 Å². The Bertz CT molecular complexity index is 447. The van der Waals surface area contributed by atoms with Crippen LogP contribution in [0.1, 0.15) is 43.2 Å². The third kappa shape index (κ3) is 3.74. The highest BCUT2D eigenvalue weighted by atomic mass is 16.5. The van der Waals surface area contributed by atoms with Gasteiger partial charge in [0.1, 0.15) is 5.76 Å². The summed E-state index contributed by atoms with van der Waals surface area (Å²) >= 11 is 0. The topological polar surface area (TPSA) is 67.6 Å². The molecule has 1 unspecified atom stereocenters. The van der Waals surface area contributed by atoms with Crippen LogP contribution in [-0.2, 0) is 6.42 Å². The molecule has 2 N–H and O–H groups in total. The summed E-state index contributed by atoms with van der Waals surface area (Å²) in [6.07, 6.45) is 4.45. The molecule has 1 aromatic rings. The molecule has 1 aromatic heterocycles. The molecule has 2 rings (SSSR count). The van der Waals surface area contributed by atoms with Crippen molar-refractivity contribution in [3.8, 4) is 0 Å². The van der Waals surface area contributed by atoms with E-state index in [2.05, 4.69) is 22.0 Å². The molecule has 5 heteroatoms. The molecule has 0 spiro atoms. The predicted octanol–water partition coefficient (Wildman–Crippen LogP) is 2.27. The SMILES string of the molecule is Cc1noc(C)c1CCCN=C(N)N1CCCC(C)C1. The number of aliphatic imine (C=N–C) groups is 1. The van der Waals surface area contributed by atoms with Gasteiger partial charge in [-0.05, 0) is 45.4 Å². The number of piperidine rings is 1. The highest BCUT2D eigenvalue weighted by molar-refractivity contribution is 5.78. The lowest BCUT2D eigenvalue weighted by Gasteiger charge is -2.31. The van der Waals surface area contributed by atoms with Gasteiger partial charge in [-0.15, -0.1) is 0 Å². The Balaban J connectivity index is 1.78. The summed E-state index contributed by atoms with van der Waals surface area (Å²) in [6, 6.07) is 0. The van der Waals surface area contributed by atoms with Crippen LogP contribution in [0.5, 0.6) is 0 Å². The van der Waals surface area contributed by atoms with Gasteiger partial charge in [0.25, 0.3) is 0 Å². The molecule has 0 bridgehead atoms. The van der Waals surface area contributed by atoms with E-state index in [-0.39, 0.29) is 0 Å².